The first kappa shape index (κ1) is 20.0. The van der Waals surface area contributed by atoms with Gasteiger partial charge in [0.2, 0.25) is 5.91 Å². The molecule has 1 amide bonds. The lowest BCUT2D eigenvalue weighted by Crippen LogP contribution is -2.50. The van der Waals surface area contributed by atoms with E-state index in [-0.39, 0.29) is 11.8 Å². The fourth-order valence-corrected chi connectivity index (χ4v) is 4.57. The van der Waals surface area contributed by atoms with Gasteiger partial charge in [-0.1, -0.05) is 6.07 Å². The van der Waals surface area contributed by atoms with Crippen molar-refractivity contribution < 1.29 is 4.79 Å². The molecule has 2 aromatic heterocycles. The van der Waals surface area contributed by atoms with Crippen LogP contribution in [0.15, 0.2) is 48.9 Å². The molecule has 154 valence electrons. The SMILES string of the molecule is O=C(NCc1ccccn1)C1CCCN(C2CCN(Cc3ccncc3)CC2)C1. The van der Waals surface area contributed by atoms with Crippen molar-refractivity contribution in [1.29, 1.82) is 0 Å². The van der Waals surface area contributed by atoms with Gasteiger partial charge in [-0.15, -0.1) is 0 Å². The Bertz CT molecular complexity index is 761. The Kier molecular flexibility index (Phi) is 6.85. The summed E-state index contributed by atoms with van der Waals surface area (Å²) in [5.41, 5.74) is 2.25. The molecule has 4 rings (SSSR count). The van der Waals surface area contributed by atoms with E-state index in [0.717, 1.165) is 51.3 Å². The molecule has 6 heteroatoms. The molecule has 6 nitrogen and oxygen atoms in total. The minimum absolute atomic E-state index is 0.0994. The topological polar surface area (TPSA) is 61.4 Å². The van der Waals surface area contributed by atoms with Crippen molar-refractivity contribution in [2.24, 2.45) is 5.92 Å². The summed E-state index contributed by atoms with van der Waals surface area (Å²) in [6.07, 6.45) is 9.99. The molecule has 2 aliphatic heterocycles. The monoisotopic (exact) mass is 393 g/mol. The zero-order valence-corrected chi connectivity index (χ0v) is 17.0. The number of pyridine rings is 2. The number of nitrogens with zero attached hydrogens (tertiary/aromatic N) is 4. The molecule has 2 saturated heterocycles. The first-order chi connectivity index (χ1) is 14.3. The first-order valence-corrected chi connectivity index (χ1v) is 10.8. The van der Waals surface area contributed by atoms with Gasteiger partial charge in [0.25, 0.3) is 0 Å². The van der Waals surface area contributed by atoms with E-state index in [9.17, 15) is 4.79 Å². The Balaban J connectivity index is 1.23. The molecule has 0 saturated carbocycles. The molecule has 2 fully saturated rings. The van der Waals surface area contributed by atoms with E-state index in [0.29, 0.717) is 12.6 Å². The van der Waals surface area contributed by atoms with Crippen molar-refractivity contribution >= 4 is 5.91 Å². The lowest BCUT2D eigenvalue weighted by atomic mass is 9.93. The Labute approximate surface area is 173 Å². The molecular weight excluding hydrogens is 362 g/mol. The van der Waals surface area contributed by atoms with Crippen LogP contribution in [-0.2, 0) is 17.9 Å². The molecule has 0 bridgehead atoms. The predicted octanol–water partition coefficient (Wildman–Crippen LogP) is 2.47. The van der Waals surface area contributed by atoms with Gasteiger partial charge in [-0.25, -0.2) is 0 Å². The molecule has 4 heterocycles. The van der Waals surface area contributed by atoms with E-state index in [2.05, 4.69) is 37.2 Å². The standard InChI is InChI=1S/C23H31N5O/c29-23(26-16-21-5-1-2-10-25-21)20-4-3-13-28(18-20)22-8-14-27(15-9-22)17-19-6-11-24-12-7-19/h1-2,5-7,10-12,20,22H,3-4,8-9,13-18H2,(H,26,29). The number of hydrogen-bond donors (Lipinski definition) is 1. The fraction of sp³-hybridized carbons (Fsp3) is 0.522. The lowest BCUT2D eigenvalue weighted by Gasteiger charge is -2.42. The van der Waals surface area contributed by atoms with Crippen molar-refractivity contribution in [3.8, 4) is 0 Å². The van der Waals surface area contributed by atoms with E-state index in [4.69, 9.17) is 0 Å². The average molecular weight is 394 g/mol. The Morgan fingerprint density at radius 2 is 1.86 bits per heavy atom. The van der Waals surface area contributed by atoms with E-state index in [1.165, 1.54) is 18.4 Å². The third kappa shape index (κ3) is 5.61. The normalized spacial score (nSPS) is 21.7. The van der Waals surface area contributed by atoms with Gasteiger partial charge in [-0.2, -0.15) is 0 Å². The maximum atomic E-state index is 12.7. The third-order valence-corrected chi connectivity index (χ3v) is 6.22. The van der Waals surface area contributed by atoms with Crippen LogP contribution in [0.4, 0.5) is 0 Å². The third-order valence-electron chi connectivity index (χ3n) is 6.22. The summed E-state index contributed by atoms with van der Waals surface area (Å²) in [6, 6.07) is 10.6. The molecule has 1 N–H and O–H groups in total. The van der Waals surface area contributed by atoms with Gasteiger partial charge >= 0.3 is 0 Å². The predicted molar refractivity (Wildman–Crippen MR) is 113 cm³/mol. The quantitative estimate of drug-likeness (QED) is 0.817. The van der Waals surface area contributed by atoms with Crippen molar-refractivity contribution in [3.63, 3.8) is 0 Å². The van der Waals surface area contributed by atoms with E-state index in [1.54, 1.807) is 6.20 Å². The number of piperidine rings is 2. The van der Waals surface area contributed by atoms with E-state index in [1.807, 2.05) is 30.6 Å². The summed E-state index contributed by atoms with van der Waals surface area (Å²) < 4.78 is 0. The fourth-order valence-electron chi connectivity index (χ4n) is 4.57. The van der Waals surface area contributed by atoms with Crippen LogP contribution >= 0.6 is 0 Å². The average Bonchev–Trinajstić information content (AvgIpc) is 2.79. The Morgan fingerprint density at radius 3 is 2.62 bits per heavy atom. The van der Waals surface area contributed by atoms with Crippen LogP contribution in [0.25, 0.3) is 0 Å². The zero-order chi connectivity index (χ0) is 19.9. The number of amides is 1. The number of rotatable bonds is 6. The van der Waals surface area contributed by atoms with Crippen LogP contribution in [-0.4, -0.2) is 57.9 Å². The number of carbonyl (C=O) groups is 1. The molecule has 1 unspecified atom stereocenters. The van der Waals surface area contributed by atoms with Crippen LogP contribution in [0.2, 0.25) is 0 Å². The van der Waals surface area contributed by atoms with Crippen LogP contribution in [0.3, 0.4) is 0 Å². The van der Waals surface area contributed by atoms with Crippen molar-refractivity contribution in [2.75, 3.05) is 26.2 Å². The van der Waals surface area contributed by atoms with Crippen molar-refractivity contribution in [2.45, 2.75) is 44.8 Å². The molecule has 0 aromatic carbocycles. The van der Waals surface area contributed by atoms with Gasteiger partial charge in [-0.05, 0) is 75.1 Å². The zero-order valence-electron chi connectivity index (χ0n) is 17.0. The van der Waals surface area contributed by atoms with E-state index >= 15 is 0 Å². The summed E-state index contributed by atoms with van der Waals surface area (Å²) in [6.45, 7) is 5.79. The second-order valence-corrected chi connectivity index (χ2v) is 8.24. The lowest BCUT2D eigenvalue weighted by molar-refractivity contribution is -0.127. The Hall–Kier alpha value is -2.31. The van der Waals surface area contributed by atoms with Gasteiger partial charge in [0, 0.05) is 37.7 Å². The minimum atomic E-state index is 0.0994. The maximum Gasteiger partial charge on any atom is 0.224 e. The number of likely N-dealkylation sites (tertiary alicyclic amines) is 2. The summed E-state index contributed by atoms with van der Waals surface area (Å²) >= 11 is 0. The number of hydrogen-bond acceptors (Lipinski definition) is 5. The number of aromatic nitrogens is 2. The van der Waals surface area contributed by atoms with E-state index < -0.39 is 0 Å². The highest BCUT2D eigenvalue weighted by Crippen LogP contribution is 2.24. The maximum absolute atomic E-state index is 12.7. The molecule has 2 aliphatic rings. The first-order valence-electron chi connectivity index (χ1n) is 10.8. The summed E-state index contributed by atoms with van der Waals surface area (Å²) in [5, 5.41) is 3.09. The molecule has 0 aliphatic carbocycles. The summed E-state index contributed by atoms with van der Waals surface area (Å²) in [5.74, 6) is 0.276. The van der Waals surface area contributed by atoms with Crippen molar-refractivity contribution in [1.82, 2.24) is 25.1 Å². The van der Waals surface area contributed by atoms with Gasteiger partial charge in [0.05, 0.1) is 18.2 Å². The smallest absolute Gasteiger partial charge is 0.224 e. The highest BCUT2D eigenvalue weighted by atomic mass is 16.1. The molecule has 1 atom stereocenters. The van der Waals surface area contributed by atoms with Gasteiger partial charge in [0.15, 0.2) is 0 Å². The second-order valence-electron chi connectivity index (χ2n) is 8.24. The summed E-state index contributed by atoms with van der Waals surface area (Å²) in [7, 11) is 0. The highest BCUT2D eigenvalue weighted by Gasteiger charge is 2.31. The van der Waals surface area contributed by atoms with Gasteiger partial charge < -0.3 is 5.32 Å². The molecule has 29 heavy (non-hydrogen) atoms. The minimum Gasteiger partial charge on any atom is -0.350 e. The van der Waals surface area contributed by atoms with Crippen LogP contribution in [0, 0.1) is 5.92 Å². The van der Waals surface area contributed by atoms with Crippen LogP contribution in [0.5, 0.6) is 0 Å². The Morgan fingerprint density at radius 1 is 1.03 bits per heavy atom. The van der Waals surface area contributed by atoms with Gasteiger partial charge in [0.1, 0.15) is 0 Å². The molecule has 0 spiro atoms. The second kappa shape index (κ2) is 9.94. The molecule has 2 aromatic rings. The molecular formula is C23H31N5O. The van der Waals surface area contributed by atoms with Crippen LogP contribution < -0.4 is 5.32 Å². The number of carbonyl (C=O) groups excluding carboxylic acids is 1. The highest BCUT2D eigenvalue weighted by molar-refractivity contribution is 5.78. The van der Waals surface area contributed by atoms with Crippen molar-refractivity contribution in [3.05, 3.63) is 60.2 Å². The number of nitrogens with one attached hydrogen (secondary N) is 1. The summed E-state index contributed by atoms with van der Waals surface area (Å²) in [4.78, 5) is 26.2. The largest absolute Gasteiger partial charge is 0.350 e. The molecule has 0 radical (unpaired) electrons. The van der Waals surface area contributed by atoms with Gasteiger partial charge in [-0.3, -0.25) is 24.6 Å². The van der Waals surface area contributed by atoms with Crippen LogP contribution in [0.1, 0.15) is 36.9 Å².